The van der Waals surface area contributed by atoms with Gasteiger partial charge in [-0.25, -0.2) is 4.39 Å². The molecule has 0 amide bonds. The van der Waals surface area contributed by atoms with Crippen LogP contribution in [-0.2, 0) is 4.74 Å². The average molecular weight is 251 g/mol. The van der Waals surface area contributed by atoms with Crippen LogP contribution in [0.15, 0.2) is 24.3 Å². The van der Waals surface area contributed by atoms with E-state index in [-0.39, 0.29) is 6.54 Å². The van der Waals surface area contributed by atoms with Gasteiger partial charge in [-0.2, -0.15) is 13.2 Å². The fourth-order valence-corrected chi connectivity index (χ4v) is 1.33. The first-order valence-corrected chi connectivity index (χ1v) is 5.01. The van der Waals surface area contributed by atoms with E-state index in [9.17, 15) is 17.6 Å². The molecule has 1 atom stereocenters. The van der Waals surface area contributed by atoms with Crippen molar-refractivity contribution in [3.8, 4) is 0 Å². The lowest BCUT2D eigenvalue weighted by Crippen LogP contribution is -2.25. The van der Waals surface area contributed by atoms with Crippen LogP contribution in [0, 0.1) is 5.82 Å². The second-order valence-electron chi connectivity index (χ2n) is 3.52. The van der Waals surface area contributed by atoms with Gasteiger partial charge in [0.15, 0.2) is 0 Å². The molecule has 0 spiro atoms. The number of ether oxygens (including phenoxy) is 1. The number of hydrogen-bond acceptors (Lipinski definition) is 2. The van der Waals surface area contributed by atoms with Gasteiger partial charge in [0.1, 0.15) is 12.4 Å². The van der Waals surface area contributed by atoms with E-state index in [4.69, 9.17) is 4.74 Å². The minimum Gasteiger partial charge on any atom is -0.363 e. The second kappa shape index (κ2) is 5.97. The second-order valence-corrected chi connectivity index (χ2v) is 3.52. The van der Waals surface area contributed by atoms with Crippen LogP contribution in [0.1, 0.15) is 11.7 Å². The highest BCUT2D eigenvalue weighted by atomic mass is 19.4. The van der Waals surface area contributed by atoms with Gasteiger partial charge in [0.05, 0.1) is 6.10 Å². The Morgan fingerprint density at radius 1 is 1.24 bits per heavy atom. The molecule has 0 heterocycles. The van der Waals surface area contributed by atoms with Gasteiger partial charge in [-0.3, -0.25) is 0 Å². The monoisotopic (exact) mass is 251 g/mol. The molecule has 2 nitrogen and oxygen atoms in total. The Labute approximate surface area is 96.6 Å². The summed E-state index contributed by atoms with van der Waals surface area (Å²) in [6.07, 6.45) is -5.12. The molecule has 0 aromatic heterocycles. The molecule has 0 aliphatic rings. The van der Waals surface area contributed by atoms with Gasteiger partial charge in [0.25, 0.3) is 0 Å². The molecule has 0 fully saturated rings. The number of likely N-dealkylation sites (N-methyl/N-ethyl adjacent to an activating group) is 1. The van der Waals surface area contributed by atoms with E-state index in [1.165, 1.54) is 24.3 Å². The van der Waals surface area contributed by atoms with Gasteiger partial charge in [0.2, 0.25) is 0 Å². The van der Waals surface area contributed by atoms with E-state index in [1.54, 1.807) is 7.05 Å². The number of nitrogens with one attached hydrogen (secondary N) is 1. The molecule has 17 heavy (non-hydrogen) atoms. The summed E-state index contributed by atoms with van der Waals surface area (Å²) in [4.78, 5) is 0. The van der Waals surface area contributed by atoms with E-state index in [0.717, 1.165) is 0 Å². The molecule has 6 heteroatoms. The molecule has 1 aromatic carbocycles. The quantitative estimate of drug-likeness (QED) is 0.812. The summed E-state index contributed by atoms with van der Waals surface area (Å²) in [5.41, 5.74) is 0.505. The van der Waals surface area contributed by atoms with Gasteiger partial charge < -0.3 is 10.1 Å². The molecule has 0 saturated carbocycles. The van der Waals surface area contributed by atoms with E-state index in [0.29, 0.717) is 5.56 Å². The SMILES string of the molecule is CNCC(OCC(F)(F)F)c1ccc(F)cc1. The Balaban J connectivity index is 2.68. The van der Waals surface area contributed by atoms with Crippen molar-refractivity contribution in [2.45, 2.75) is 12.3 Å². The van der Waals surface area contributed by atoms with Crippen LogP contribution in [0.25, 0.3) is 0 Å². The van der Waals surface area contributed by atoms with Gasteiger partial charge in [-0.15, -0.1) is 0 Å². The summed E-state index contributed by atoms with van der Waals surface area (Å²) in [5, 5.41) is 2.73. The van der Waals surface area contributed by atoms with Crippen molar-refractivity contribution < 1.29 is 22.3 Å². The Kier molecular flexibility index (Phi) is 4.89. The molecular formula is C11H13F4NO. The maximum Gasteiger partial charge on any atom is 0.411 e. The van der Waals surface area contributed by atoms with E-state index in [1.807, 2.05) is 0 Å². The first kappa shape index (κ1) is 13.9. The van der Waals surface area contributed by atoms with Gasteiger partial charge in [-0.1, -0.05) is 12.1 Å². The fraction of sp³-hybridized carbons (Fsp3) is 0.455. The summed E-state index contributed by atoms with van der Waals surface area (Å²) in [6, 6.07) is 5.20. The maximum absolute atomic E-state index is 12.7. The van der Waals surface area contributed by atoms with E-state index in [2.05, 4.69) is 5.32 Å². The van der Waals surface area contributed by atoms with Crippen molar-refractivity contribution in [3.05, 3.63) is 35.6 Å². The predicted octanol–water partition coefficient (Wildman–Crippen LogP) is 2.67. The van der Waals surface area contributed by atoms with Crippen molar-refractivity contribution in [3.63, 3.8) is 0 Å². The first-order chi connectivity index (χ1) is 7.92. The lowest BCUT2D eigenvalue weighted by molar-refractivity contribution is -0.185. The lowest BCUT2D eigenvalue weighted by atomic mass is 10.1. The zero-order valence-corrected chi connectivity index (χ0v) is 9.22. The normalized spacial score (nSPS) is 13.7. The Hall–Kier alpha value is -1.14. The molecule has 0 aliphatic heterocycles. The fourth-order valence-electron chi connectivity index (χ4n) is 1.33. The van der Waals surface area contributed by atoms with Gasteiger partial charge in [0, 0.05) is 6.54 Å². The molecule has 1 aromatic rings. The van der Waals surface area contributed by atoms with Gasteiger partial charge >= 0.3 is 6.18 Å². The van der Waals surface area contributed by atoms with Crippen molar-refractivity contribution in [2.75, 3.05) is 20.2 Å². The molecule has 1 rings (SSSR count). The van der Waals surface area contributed by atoms with E-state index < -0.39 is 24.7 Å². The van der Waals surface area contributed by atoms with Crippen molar-refractivity contribution in [2.24, 2.45) is 0 Å². The number of rotatable bonds is 5. The smallest absolute Gasteiger partial charge is 0.363 e. The Morgan fingerprint density at radius 2 is 1.82 bits per heavy atom. The van der Waals surface area contributed by atoms with Crippen LogP contribution in [0.2, 0.25) is 0 Å². The molecule has 0 saturated heterocycles. The van der Waals surface area contributed by atoms with Crippen LogP contribution in [0.3, 0.4) is 0 Å². The number of alkyl halides is 3. The zero-order chi connectivity index (χ0) is 12.9. The van der Waals surface area contributed by atoms with Gasteiger partial charge in [-0.05, 0) is 24.7 Å². The molecule has 1 N–H and O–H groups in total. The van der Waals surface area contributed by atoms with Crippen LogP contribution < -0.4 is 5.32 Å². The summed E-state index contributed by atoms with van der Waals surface area (Å²) in [6.45, 7) is -1.10. The van der Waals surface area contributed by atoms with Crippen molar-refractivity contribution in [1.29, 1.82) is 0 Å². The molecule has 1 unspecified atom stereocenters. The Morgan fingerprint density at radius 3 is 2.29 bits per heavy atom. The third kappa shape index (κ3) is 5.14. The number of hydrogen-bond donors (Lipinski definition) is 1. The van der Waals surface area contributed by atoms with Crippen LogP contribution in [0.5, 0.6) is 0 Å². The largest absolute Gasteiger partial charge is 0.411 e. The minimum absolute atomic E-state index is 0.224. The molecule has 0 bridgehead atoms. The van der Waals surface area contributed by atoms with Crippen LogP contribution in [-0.4, -0.2) is 26.4 Å². The summed E-state index contributed by atoms with van der Waals surface area (Å²) >= 11 is 0. The zero-order valence-electron chi connectivity index (χ0n) is 9.22. The number of benzene rings is 1. The first-order valence-electron chi connectivity index (χ1n) is 5.01. The number of halogens is 4. The summed E-state index contributed by atoms with van der Waals surface area (Å²) in [5.74, 6) is -0.437. The lowest BCUT2D eigenvalue weighted by Gasteiger charge is -2.19. The highest BCUT2D eigenvalue weighted by Crippen LogP contribution is 2.22. The van der Waals surface area contributed by atoms with E-state index >= 15 is 0 Å². The topological polar surface area (TPSA) is 21.3 Å². The van der Waals surface area contributed by atoms with Crippen LogP contribution in [0.4, 0.5) is 17.6 Å². The van der Waals surface area contributed by atoms with Crippen molar-refractivity contribution >= 4 is 0 Å². The minimum atomic E-state index is -4.37. The Bertz CT molecular complexity index is 336. The molecule has 0 aliphatic carbocycles. The third-order valence-electron chi connectivity index (χ3n) is 2.08. The average Bonchev–Trinajstić information content (AvgIpc) is 2.24. The molecule has 96 valence electrons. The summed E-state index contributed by atoms with van der Waals surface area (Å²) < 4.78 is 53.5. The van der Waals surface area contributed by atoms with Crippen molar-refractivity contribution in [1.82, 2.24) is 5.32 Å². The predicted molar refractivity (Wildman–Crippen MR) is 55.1 cm³/mol. The molecular weight excluding hydrogens is 238 g/mol. The van der Waals surface area contributed by atoms with Crippen LogP contribution >= 0.6 is 0 Å². The standard InChI is InChI=1S/C11H13F4NO/c1-16-6-10(17-7-11(13,14)15)8-2-4-9(12)5-3-8/h2-5,10,16H,6-7H2,1H3. The molecule has 0 radical (unpaired) electrons. The maximum atomic E-state index is 12.7. The third-order valence-corrected chi connectivity index (χ3v) is 2.08. The highest BCUT2D eigenvalue weighted by molar-refractivity contribution is 5.19. The highest BCUT2D eigenvalue weighted by Gasteiger charge is 2.29. The summed E-state index contributed by atoms with van der Waals surface area (Å²) in [7, 11) is 1.60.